The molecule has 0 saturated carbocycles. The van der Waals surface area contributed by atoms with E-state index in [2.05, 4.69) is 5.32 Å². The SMILES string of the molecule is CCOc1cc(CNCCc2ccc(Cl)cc2Cl)ccc1OCCO. The maximum atomic E-state index is 8.88. The van der Waals surface area contributed by atoms with Crippen LogP contribution in [0, 0.1) is 0 Å². The quantitative estimate of drug-likeness (QED) is 0.606. The number of halogens is 2. The minimum absolute atomic E-state index is 0.0257. The summed E-state index contributed by atoms with van der Waals surface area (Å²) in [5.41, 5.74) is 2.17. The molecular formula is C19H23Cl2NO3. The zero-order chi connectivity index (χ0) is 18.1. The van der Waals surface area contributed by atoms with Crippen LogP contribution < -0.4 is 14.8 Å². The lowest BCUT2D eigenvalue weighted by molar-refractivity contribution is 0.194. The van der Waals surface area contributed by atoms with E-state index in [0.29, 0.717) is 34.7 Å². The minimum Gasteiger partial charge on any atom is -0.490 e. The van der Waals surface area contributed by atoms with E-state index in [9.17, 15) is 0 Å². The van der Waals surface area contributed by atoms with Gasteiger partial charge in [-0.1, -0.05) is 35.3 Å². The van der Waals surface area contributed by atoms with Gasteiger partial charge < -0.3 is 19.9 Å². The number of aliphatic hydroxyl groups is 1. The maximum absolute atomic E-state index is 8.88. The van der Waals surface area contributed by atoms with E-state index >= 15 is 0 Å². The van der Waals surface area contributed by atoms with Crippen LogP contribution in [0.4, 0.5) is 0 Å². The van der Waals surface area contributed by atoms with E-state index in [1.165, 1.54) is 0 Å². The van der Waals surface area contributed by atoms with Crippen molar-refractivity contribution in [2.75, 3.05) is 26.4 Å². The van der Waals surface area contributed by atoms with Gasteiger partial charge in [0.1, 0.15) is 6.61 Å². The van der Waals surface area contributed by atoms with Crippen molar-refractivity contribution in [3.63, 3.8) is 0 Å². The average Bonchev–Trinajstić information content (AvgIpc) is 2.60. The first-order valence-electron chi connectivity index (χ1n) is 8.28. The average molecular weight is 384 g/mol. The molecule has 0 aliphatic rings. The molecule has 2 aromatic rings. The van der Waals surface area contributed by atoms with E-state index in [1.807, 2.05) is 37.3 Å². The highest BCUT2D eigenvalue weighted by atomic mass is 35.5. The number of hydrogen-bond acceptors (Lipinski definition) is 4. The van der Waals surface area contributed by atoms with Crippen molar-refractivity contribution < 1.29 is 14.6 Å². The van der Waals surface area contributed by atoms with Crippen LogP contribution in [0.1, 0.15) is 18.1 Å². The van der Waals surface area contributed by atoms with Crippen molar-refractivity contribution in [1.82, 2.24) is 5.32 Å². The Morgan fingerprint density at radius 3 is 2.60 bits per heavy atom. The molecule has 0 atom stereocenters. The summed E-state index contributed by atoms with van der Waals surface area (Å²) in [5, 5.41) is 13.6. The van der Waals surface area contributed by atoms with E-state index in [0.717, 1.165) is 24.1 Å². The fourth-order valence-corrected chi connectivity index (χ4v) is 2.89. The van der Waals surface area contributed by atoms with Crippen molar-refractivity contribution in [1.29, 1.82) is 0 Å². The van der Waals surface area contributed by atoms with Crippen LogP contribution in [0.2, 0.25) is 10.0 Å². The number of rotatable bonds is 10. The zero-order valence-corrected chi connectivity index (χ0v) is 15.7. The largest absolute Gasteiger partial charge is 0.490 e. The lowest BCUT2D eigenvalue weighted by Gasteiger charge is -2.13. The summed E-state index contributed by atoms with van der Waals surface area (Å²) in [6.07, 6.45) is 0.825. The van der Waals surface area contributed by atoms with Gasteiger partial charge in [0, 0.05) is 16.6 Å². The fraction of sp³-hybridized carbons (Fsp3) is 0.368. The molecule has 0 bridgehead atoms. The van der Waals surface area contributed by atoms with Crippen LogP contribution in [0.25, 0.3) is 0 Å². The van der Waals surface area contributed by atoms with Gasteiger partial charge in [0.25, 0.3) is 0 Å². The monoisotopic (exact) mass is 383 g/mol. The molecule has 0 aromatic heterocycles. The van der Waals surface area contributed by atoms with E-state index in [4.69, 9.17) is 37.8 Å². The minimum atomic E-state index is -0.0257. The van der Waals surface area contributed by atoms with Crippen molar-refractivity contribution >= 4 is 23.2 Å². The Morgan fingerprint density at radius 2 is 1.88 bits per heavy atom. The fourth-order valence-electron chi connectivity index (χ4n) is 2.39. The predicted molar refractivity (Wildman–Crippen MR) is 102 cm³/mol. The highest BCUT2D eigenvalue weighted by Crippen LogP contribution is 2.28. The van der Waals surface area contributed by atoms with Crippen LogP contribution in [0.3, 0.4) is 0 Å². The Morgan fingerprint density at radius 1 is 1.04 bits per heavy atom. The maximum Gasteiger partial charge on any atom is 0.161 e. The van der Waals surface area contributed by atoms with Gasteiger partial charge in [0.05, 0.1) is 13.2 Å². The van der Waals surface area contributed by atoms with Gasteiger partial charge in [-0.2, -0.15) is 0 Å². The lowest BCUT2D eigenvalue weighted by atomic mass is 10.1. The third kappa shape index (κ3) is 6.40. The molecule has 2 N–H and O–H groups in total. The Labute approximate surface area is 158 Å². The third-order valence-corrected chi connectivity index (χ3v) is 4.16. The molecule has 0 radical (unpaired) electrons. The second kappa shape index (κ2) is 10.5. The van der Waals surface area contributed by atoms with Gasteiger partial charge in [-0.3, -0.25) is 0 Å². The van der Waals surface area contributed by atoms with Gasteiger partial charge in [0.2, 0.25) is 0 Å². The van der Waals surface area contributed by atoms with Crippen LogP contribution >= 0.6 is 23.2 Å². The molecule has 0 unspecified atom stereocenters. The molecule has 136 valence electrons. The van der Waals surface area contributed by atoms with E-state index < -0.39 is 0 Å². The number of hydrogen-bond donors (Lipinski definition) is 2. The Bertz CT molecular complexity index is 680. The topological polar surface area (TPSA) is 50.7 Å². The van der Waals surface area contributed by atoms with Crippen molar-refractivity contribution in [3.05, 3.63) is 57.6 Å². The highest BCUT2D eigenvalue weighted by Gasteiger charge is 2.07. The predicted octanol–water partition coefficient (Wildman–Crippen LogP) is 4.10. The highest BCUT2D eigenvalue weighted by molar-refractivity contribution is 6.35. The summed E-state index contributed by atoms with van der Waals surface area (Å²) in [6.45, 7) is 4.22. The Hall–Kier alpha value is -1.46. The molecule has 6 heteroatoms. The summed E-state index contributed by atoms with van der Waals surface area (Å²) in [4.78, 5) is 0. The first-order chi connectivity index (χ1) is 12.1. The van der Waals surface area contributed by atoms with Gasteiger partial charge in [-0.15, -0.1) is 0 Å². The smallest absolute Gasteiger partial charge is 0.161 e. The Kier molecular flexibility index (Phi) is 8.35. The summed E-state index contributed by atoms with van der Waals surface area (Å²) in [6, 6.07) is 11.4. The number of ether oxygens (including phenoxy) is 2. The second-order valence-electron chi connectivity index (χ2n) is 5.45. The molecule has 0 saturated heterocycles. The third-order valence-electron chi connectivity index (χ3n) is 3.57. The van der Waals surface area contributed by atoms with Crippen molar-refractivity contribution in [3.8, 4) is 11.5 Å². The normalized spacial score (nSPS) is 10.7. The van der Waals surface area contributed by atoms with Crippen molar-refractivity contribution in [2.24, 2.45) is 0 Å². The molecule has 25 heavy (non-hydrogen) atoms. The molecule has 0 fully saturated rings. The summed E-state index contributed by atoms with van der Waals surface area (Å²) >= 11 is 12.1. The summed E-state index contributed by atoms with van der Waals surface area (Å²) in [7, 11) is 0. The molecule has 4 nitrogen and oxygen atoms in total. The number of nitrogens with one attached hydrogen (secondary N) is 1. The van der Waals surface area contributed by atoms with Crippen LogP contribution in [0.15, 0.2) is 36.4 Å². The lowest BCUT2D eigenvalue weighted by Crippen LogP contribution is -2.17. The number of aliphatic hydroxyl groups excluding tert-OH is 1. The van der Waals surface area contributed by atoms with Gasteiger partial charge in [0.15, 0.2) is 11.5 Å². The zero-order valence-electron chi connectivity index (χ0n) is 14.2. The molecular weight excluding hydrogens is 361 g/mol. The second-order valence-corrected chi connectivity index (χ2v) is 6.29. The molecule has 2 aromatic carbocycles. The molecule has 2 rings (SSSR count). The van der Waals surface area contributed by atoms with E-state index in [-0.39, 0.29) is 13.2 Å². The van der Waals surface area contributed by atoms with Crippen LogP contribution in [-0.2, 0) is 13.0 Å². The number of benzene rings is 2. The Balaban J connectivity index is 1.88. The summed E-state index contributed by atoms with van der Waals surface area (Å²) < 4.78 is 11.1. The molecule has 0 aliphatic carbocycles. The van der Waals surface area contributed by atoms with Gasteiger partial charge in [-0.25, -0.2) is 0 Å². The molecule has 0 spiro atoms. The molecule has 0 heterocycles. The van der Waals surface area contributed by atoms with Gasteiger partial charge in [-0.05, 0) is 55.3 Å². The molecule has 0 aliphatic heterocycles. The summed E-state index contributed by atoms with van der Waals surface area (Å²) in [5.74, 6) is 1.34. The standard InChI is InChI=1S/C19H23Cl2NO3/c1-2-24-19-11-14(3-6-18(19)25-10-9-23)13-22-8-7-15-4-5-16(20)12-17(15)21/h3-6,11-12,22-23H,2,7-10,13H2,1H3. The first-order valence-corrected chi connectivity index (χ1v) is 9.03. The van der Waals surface area contributed by atoms with Gasteiger partial charge >= 0.3 is 0 Å². The first kappa shape index (κ1) is 19.9. The van der Waals surface area contributed by atoms with E-state index in [1.54, 1.807) is 6.07 Å². The van der Waals surface area contributed by atoms with Crippen LogP contribution in [-0.4, -0.2) is 31.5 Å². The molecule has 0 amide bonds. The van der Waals surface area contributed by atoms with Crippen molar-refractivity contribution in [2.45, 2.75) is 19.9 Å². The van der Waals surface area contributed by atoms with Crippen LogP contribution in [0.5, 0.6) is 11.5 Å².